The minimum atomic E-state index is 0.596. The van der Waals surface area contributed by atoms with Crippen LogP contribution < -0.4 is 0 Å². The van der Waals surface area contributed by atoms with Gasteiger partial charge >= 0.3 is 0 Å². The van der Waals surface area contributed by atoms with E-state index in [1.54, 1.807) is 0 Å². The topological polar surface area (TPSA) is 0 Å². The Hall–Kier alpha value is 0. The van der Waals surface area contributed by atoms with Gasteiger partial charge in [-0.1, -0.05) is 53.9 Å². The van der Waals surface area contributed by atoms with Gasteiger partial charge in [0.25, 0.3) is 0 Å². The van der Waals surface area contributed by atoms with Crippen LogP contribution in [-0.2, 0) is 0 Å². The molecular formula is C16H30. The van der Waals surface area contributed by atoms with E-state index in [1.807, 2.05) is 0 Å². The van der Waals surface area contributed by atoms with E-state index >= 15 is 0 Å². The maximum absolute atomic E-state index is 2.54. The van der Waals surface area contributed by atoms with Crippen molar-refractivity contribution in [1.29, 1.82) is 0 Å². The minimum Gasteiger partial charge on any atom is -0.0654 e. The van der Waals surface area contributed by atoms with E-state index in [1.165, 1.54) is 32.1 Å². The summed E-state index contributed by atoms with van der Waals surface area (Å²) in [7, 11) is 0. The van der Waals surface area contributed by atoms with E-state index in [2.05, 4.69) is 34.6 Å². The Bertz CT molecular complexity index is 240. The maximum atomic E-state index is 2.54. The fraction of sp³-hybridized carbons (Fsp3) is 1.00. The Kier molecular flexibility index (Phi) is 3.39. The molecule has 0 aliphatic heterocycles. The number of fused-ring (bicyclic) bond motifs is 1. The van der Waals surface area contributed by atoms with Gasteiger partial charge in [-0.3, -0.25) is 0 Å². The van der Waals surface area contributed by atoms with E-state index in [-0.39, 0.29) is 0 Å². The summed E-state index contributed by atoms with van der Waals surface area (Å²) in [6, 6.07) is 0. The second-order valence-corrected chi connectivity index (χ2v) is 7.25. The van der Waals surface area contributed by atoms with Crippen LogP contribution in [0.15, 0.2) is 0 Å². The molecule has 0 aromatic carbocycles. The fourth-order valence-corrected chi connectivity index (χ4v) is 4.83. The summed E-state index contributed by atoms with van der Waals surface area (Å²) in [5, 5.41) is 0. The van der Waals surface area contributed by atoms with Crippen molar-refractivity contribution in [2.45, 2.75) is 66.7 Å². The van der Waals surface area contributed by atoms with Gasteiger partial charge < -0.3 is 0 Å². The maximum Gasteiger partial charge on any atom is -0.0295 e. The van der Waals surface area contributed by atoms with Crippen molar-refractivity contribution in [3.8, 4) is 0 Å². The largest absolute Gasteiger partial charge is 0.0654 e. The van der Waals surface area contributed by atoms with Crippen LogP contribution in [0.25, 0.3) is 0 Å². The summed E-state index contributed by atoms with van der Waals surface area (Å²) in [5.41, 5.74) is 0.596. The molecule has 0 spiro atoms. The summed E-state index contributed by atoms with van der Waals surface area (Å²) in [4.78, 5) is 0. The van der Waals surface area contributed by atoms with Crippen LogP contribution in [0.5, 0.6) is 0 Å². The van der Waals surface area contributed by atoms with Crippen molar-refractivity contribution in [3.63, 3.8) is 0 Å². The zero-order valence-electron chi connectivity index (χ0n) is 11.9. The van der Waals surface area contributed by atoms with Crippen molar-refractivity contribution in [3.05, 3.63) is 0 Å². The second-order valence-electron chi connectivity index (χ2n) is 7.25. The van der Waals surface area contributed by atoms with E-state index in [0.29, 0.717) is 5.41 Å². The van der Waals surface area contributed by atoms with E-state index in [0.717, 1.165) is 29.6 Å². The zero-order valence-corrected chi connectivity index (χ0v) is 11.9. The second kappa shape index (κ2) is 4.35. The molecule has 2 aliphatic rings. The molecule has 0 radical (unpaired) electrons. The average molecular weight is 222 g/mol. The third kappa shape index (κ3) is 1.83. The average Bonchev–Trinajstić information content (AvgIpc) is 2.41. The van der Waals surface area contributed by atoms with Crippen LogP contribution in [0.1, 0.15) is 66.7 Å². The molecule has 0 heterocycles. The lowest BCUT2D eigenvalue weighted by Gasteiger charge is -2.38. The predicted octanol–water partition coefficient (Wildman–Crippen LogP) is 5.13. The quantitative estimate of drug-likeness (QED) is 0.607. The molecule has 0 aromatic rings. The smallest absolute Gasteiger partial charge is 0.0295 e. The molecule has 94 valence electrons. The molecule has 2 fully saturated rings. The molecule has 2 rings (SSSR count). The summed E-state index contributed by atoms with van der Waals surface area (Å²) in [6.45, 7) is 12.4. The Morgan fingerprint density at radius 3 is 2.44 bits per heavy atom. The highest BCUT2D eigenvalue weighted by atomic mass is 14.6. The Balaban J connectivity index is 2.20. The summed E-state index contributed by atoms with van der Waals surface area (Å²) in [6.07, 6.45) is 7.36. The van der Waals surface area contributed by atoms with Gasteiger partial charge in [0.15, 0.2) is 0 Å². The molecule has 0 amide bonds. The van der Waals surface area contributed by atoms with E-state index in [9.17, 15) is 0 Å². The van der Waals surface area contributed by atoms with Crippen molar-refractivity contribution in [2.24, 2.45) is 35.0 Å². The van der Waals surface area contributed by atoms with Crippen molar-refractivity contribution >= 4 is 0 Å². The molecule has 2 aliphatic carbocycles. The highest BCUT2D eigenvalue weighted by Crippen LogP contribution is 2.60. The molecule has 0 saturated heterocycles. The summed E-state index contributed by atoms with van der Waals surface area (Å²) >= 11 is 0. The van der Waals surface area contributed by atoms with Gasteiger partial charge in [0.05, 0.1) is 0 Å². The lowest BCUT2D eigenvalue weighted by atomic mass is 9.67. The molecule has 0 nitrogen and oxygen atoms in total. The Morgan fingerprint density at radius 2 is 1.81 bits per heavy atom. The van der Waals surface area contributed by atoms with Gasteiger partial charge in [0.1, 0.15) is 0 Å². The van der Waals surface area contributed by atoms with Crippen molar-refractivity contribution in [2.75, 3.05) is 0 Å². The first-order valence-electron chi connectivity index (χ1n) is 7.48. The van der Waals surface area contributed by atoms with E-state index < -0.39 is 0 Å². The van der Waals surface area contributed by atoms with Crippen LogP contribution in [0.2, 0.25) is 0 Å². The molecule has 0 aromatic heterocycles. The number of hydrogen-bond acceptors (Lipinski definition) is 0. The van der Waals surface area contributed by atoms with Crippen molar-refractivity contribution < 1.29 is 0 Å². The molecular weight excluding hydrogens is 192 g/mol. The number of hydrogen-bond donors (Lipinski definition) is 0. The first kappa shape index (κ1) is 12.5. The molecule has 5 unspecified atom stereocenters. The monoisotopic (exact) mass is 222 g/mol. The van der Waals surface area contributed by atoms with Crippen molar-refractivity contribution in [1.82, 2.24) is 0 Å². The summed E-state index contributed by atoms with van der Waals surface area (Å²) in [5.74, 6) is 5.02. The Morgan fingerprint density at radius 1 is 1.12 bits per heavy atom. The first-order chi connectivity index (χ1) is 7.48. The highest BCUT2D eigenvalue weighted by molar-refractivity contribution is 5.02. The van der Waals surface area contributed by atoms with Gasteiger partial charge in [-0.2, -0.15) is 0 Å². The van der Waals surface area contributed by atoms with Gasteiger partial charge in [0.2, 0.25) is 0 Å². The van der Waals surface area contributed by atoms with Crippen LogP contribution in [0.4, 0.5) is 0 Å². The lowest BCUT2D eigenvalue weighted by molar-refractivity contribution is 0.113. The lowest BCUT2D eigenvalue weighted by Crippen LogP contribution is -2.30. The Labute approximate surface area is 102 Å². The van der Waals surface area contributed by atoms with Gasteiger partial charge in [-0.25, -0.2) is 0 Å². The minimum absolute atomic E-state index is 0.596. The fourth-order valence-electron chi connectivity index (χ4n) is 4.83. The van der Waals surface area contributed by atoms with Crippen LogP contribution in [-0.4, -0.2) is 0 Å². The molecule has 0 heteroatoms. The SMILES string of the molecule is CCCC1C2CCC(C)CC2C(C)(C)C1C. The molecule has 0 N–H and O–H groups in total. The third-order valence-corrected chi connectivity index (χ3v) is 6.11. The van der Waals surface area contributed by atoms with Gasteiger partial charge in [-0.15, -0.1) is 0 Å². The number of rotatable bonds is 2. The van der Waals surface area contributed by atoms with Gasteiger partial charge in [0, 0.05) is 0 Å². The van der Waals surface area contributed by atoms with Gasteiger partial charge in [-0.05, 0) is 47.8 Å². The standard InChI is InChI=1S/C16H30/c1-6-7-13-12(3)16(4,5)15-10-11(2)8-9-14(13)15/h11-15H,6-10H2,1-5H3. The normalized spacial score (nSPS) is 46.7. The zero-order chi connectivity index (χ0) is 11.9. The molecule has 2 saturated carbocycles. The first-order valence-corrected chi connectivity index (χ1v) is 7.48. The molecule has 5 atom stereocenters. The van der Waals surface area contributed by atoms with Crippen LogP contribution in [0.3, 0.4) is 0 Å². The van der Waals surface area contributed by atoms with E-state index in [4.69, 9.17) is 0 Å². The summed E-state index contributed by atoms with van der Waals surface area (Å²) < 4.78 is 0. The third-order valence-electron chi connectivity index (χ3n) is 6.11. The van der Waals surface area contributed by atoms with Crippen LogP contribution in [0, 0.1) is 35.0 Å². The molecule has 16 heavy (non-hydrogen) atoms. The predicted molar refractivity (Wildman–Crippen MR) is 71.3 cm³/mol. The molecule has 0 bridgehead atoms. The highest BCUT2D eigenvalue weighted by Gasteiger charge is 2.53. The van der Waals surface area contributed by atoms with Crippen LogP contribution >= 0.6 is 0 Å².